The third-order valence-electron chi connectivity index (χ3n) is 2.04. The highest BCUT2D eigenvalue weighted by atomic mass is 35.6. The van der Waals surface area contributed by atoms with Gasteiger partial charge in [-0.15, -0.1) is 0 Å². The van der Waals surface area contributed by atoms with Gasteiger partial charge in [-0.1, -0.05) is 82.3 Å². The van der Waals surface area contributed by atoms with E-state index in [1.54, 1.807) is 24.3 Å². The van der Waals surface area contributed by atoms with Crippen LogP contribution in [0, 0.1) is 0 Å². The molecule has 1 rings (SSSR count). The second-order valence-corrected chi connectivity index (χ2v) is 6.84. The van der Waals surface area contributed by atoms with Gasteiger partial charge in [-0.3, -0.25) is 0 Å². The Morgan fingerprint density at radius 1 is 1.06 bits per heavy atom. The lowest BCUT2D eigenvalue weighted by atomic mass is 10.1. The molecule has 16 heavy (non-hydrogen) atoms. The lowest BCUT2D eigenvalue weighted by Crippen LogP contribution is -2.28. The van der Waals surface area contributed by atoms with E-state index in [1.807, 2.05) is 0 Å². The van der Waals surface area contributed by atoms with Crippen LogP contribution in [0.1, 0.15) is 11.1 Å². The number of benzene rings is 1. The van der Waals surface area contributed by atoms with E-state index in [0.29, 0.717) is 12.0 Å². The molecule has 6 heteroatoms. The highest BCUT2D eigenvalue weighted by Crippen LogP contribution is 2.52. The SMILES string of the molecule is [O]CCc1cccc(C(Cl)(Cl)C(Cl)(Cl)Cl)c1. The van der Waals surface area contributed by atoms with Crippen molar-refractivity contribution in [2.24, 2.45) is 0 Å². The van der Waals surface area contributed by atoms with Gasteiger partial charge in [0.15, 0.2) is 4.33 Å². The van der Waals surface area contributed by atoms with Crippen LogP contribution < -0.4 is 0 Å². The Labute approximate surface area is 119 Å². The van der Waals surface area contributed by atoms with Gasteiger partial charge in [0.05, 0.1) is 6.61 Å². The predicted octanol–water partition coefficient (Wildman–Crippen LogP) is 4.66. The quantitative estimate of drug-likeness (QED) is 0.722. The predicted molar refractivity (Wildman–Crippen MR) is 69.4 cm³/mol. The molecule has 1 radical (unpaired) electrons. The molecule has 0 aliphatic rings. The minimum atomic E-state index is -1.84. The van der Waals surface area contributed by atoms with E-state index in [4.69, 9.17) is 58.0 Å². The average molecular weight is 321 g/mol. The Hall–Kier alpha value is 0.630. The fraction of sp³-hybridized carbons (Fsp3) is 0.400. The first kappa shape index (κ1) is 14.7. The van der Waals surface area contributed by atoms with E-state index >= 15 is 0 Å². The Morgan fingerprint density at radius 3 is 2.19 bits per heavy atom. The Bertz CT molecular complexity index is 358. The third kappa shape index (κ3) is 3.32. The highest BCUT2D eigenvalue weighted by molar-refractivity contribution is 6.75. The first-order valence-corrected chi connectivity index (χ1v) is 6.30. The monoisotopic (exact) mass is 319 g/mol. The Kier molecular flexibility index (Phi) is 5.06. The van der Waals surface area contributed by atoms with Crippen molar-refractivity contribution in [3.63, 3.8) is 0 Å². The van der Waals surface area contributed by atoms with Crippen LogP contribution in [0.5, 0.6) is 0 Å². The van der Waals surface area contributed by atoms with Crippen molar-refractivity contribution in [3.8, 4) is 0 Å². The van der Waals surface area contributed by atoms with Gasteiger partial charge in [0.2, 0.25) is 3.79 Å². The highest BCUT2D eigenvalue weighted by Gasteiger charge is 2.47. The number of rotatable bonds is 3. The largest absolute Gasteiger partial charge is 0.236 e. The van der Waals surface area contributed by atoms with Crippen LogP contribution in [-0.4, -0.2) is 10.4 Å². The molecule has 1 aromatic rings. The van der Waals surface area contributed by atoms with Crippen molar-refractivity contribution in [1.29, 1.82) is 0 Å². The summed E-state index contributed by atoms with van der Waals surface area (Å²) < 4.78 is -3.48. The smallest absolute Gasteiger partial charge is 0.227 e. The lowest BCUT2D eigenvalue weighted by molar-refractivity contribution is 0.197. The molecule has 0 spiro atoms. The molecule has 0 atom stereocenters. The van der Waals surface area contributed by atoms with Gasteiger partial charge in [-0.2, -0.15) is 0 Å². The molecule has 0 saturated heterocycles. The summed E-state index contributed by atoms with van der Waals surface area (Å²) in [7, 11) is 0. The maximum atomic E-state index is 10.5. The summed E-state index contributed by atoms with van der Waals surface area (Å²) in [5, 5.41) is 10.5. The van der Waals surface area contributed by atoms with E-state index in [1.165, 1.54) is 0 Å². The van der Waals surface area contributed by atoms with E-state index in [2.05, 4.69) is 0 Å². The molecule has 0 unspecified atom stereocenters. The summed E-state index contributed by atoms with van der Waals surface area (Å²) in [6.07, 6.45) is 0.386. The standard InChI is InChI=1S/C10H8Cl5O/c11-9(12,10(13,14)15)8-3-1-2-7(6-8)4-5-16/h1-3,6H,4-5H2. The molecule has 0 aliphatic heterocycles. The summed E-state index contributed by atoms with van der Waals surface area (Å²) in [4.78, 5) is 0. The van der Waals surface area contributed by atoms with Crippen molar-refractivity contribution in [3.05, 3.63) is 35.4 Å². The number of hydrogen-bond acceptors (Lipinski definition) is 0. The zero-order valence-electron chi connectivity index (χ0n) is 8.02. The third-order valence-corrected chi connectivity index (χ3v) is 4.47. The Balaban J connectivity index is 3.08. The van der Waals surface area contributed by atoms with Gasteiger partial charge in [0.25, 0.3) is 0 Å². The molecule has 0 bridgehead atoms. The maximum Gasteiger partial charge on any atom is 0.227 e. The zero-order chi connectivity index (χ0) is 12.4. The maximum absolute atomic E-state index is 10.5. The molecule has 0 heterocycles. The summed E-state index contributed by atoms with van der Waals surface area (Å²) in [6.45, 7) is -0.213. The van der Waals surface area contributed by atoms with Gasteiger partial charge in [-0.05, 0) is 17.5 Å². The van der Waals surface area contributed by atoms with Crippen molar-refractivity contribution in [2.45, 2.75) is 14.5 Å². The van der Waals surface area contributed by atoms with E-state index in [-0.39, 0.29) is 6.61 Å². The van der Waals surface area contributed by atoms with Gasteiger partial charge in [0.1, 0.15) is 0 Å². The minimum Gasteiger partial charge on any atom is -0.236 e. The van der Waals surface area contributed by atoms with E-state index in [9.17, 15) is 5.11 Å². The molecule has 1 aromatic carbocycles. The van der Waals surface area contributed by atoms with Gasteiger partial charge < -0.3 is 0 Å². The lowest BCUT2D eigenvalue weighted by Gasteiger charge is -2.28. The van der Waals surface area contributed by atoms with Gasteiger partial charge >= 0.3 is 0 Å². The molecule has 0 aromatic heterocycles. The summed E-state index contributed by atoms with van der Waals surface area (Å²) in [5.74, 6) is 0. The molecule has 1 nitrogen and oxygen atoms in total. The van der Waals surface area contributed by atoms with Crippen LogP contribution in [-0.2, 0) is 15.9 Å². The number of alkyl halides is 5. The fourth-order valence-corrected chi connectivity index (χ4v) is 1.77. The first-order chi connectivity index (χ1) is 7.29. The molecule has 0 aliphatic carbocycles. The van der Waals surface area contributed by atoms with Gasteiger partial charge in [0, 0.05) is 0 Å². The van der Waals surface area contributed by atoms with Crippen molar-refractivity contribution in [1.82, 2.24) is 0 Å². The van der Waals surface area contributed by atoms with Crippen molar-refractivity contribution < 1.29 is 5.11 Å². The van der Waals surface area contributed by atoms with Crippen LogP contribution in [0.15, 0.2) is 24.3 Å². The topological polar surface area (TPSA) is 19.9 Å². The Morgan fingerprint density at radius 2 is 1.69 bits per heavy atom. The van der Waals surface area contributed by atoms with E-state index in [0.717, 1.165) is 5.56 Å². The van der Waals surface area contributed by atoms with Crippen LogP contribution >= 0.6 is 58.0 Å². The zero-order valence-corrected chi connectivity index (χ0v) is 11.8. The molecule has 0 fully saturated rings. The normalized spacial score (nSPS) is 12.9. The van der Waals surface area contributed by atoms with E-state index < -0.39 is 8.13 Å². The van der Waals surface area contributed by atoms with Crippen LogP contribution in [0.25, 0.3) is 0 Å². The van der Waals surface area contributed by atoms with Crippen LogP contribution in [0.4, 0.5) is 0 Å². The van der Waals surface area contributed by atoms with Crippen molar-refractivity contribution >= 4 is 58.0 Å². The second kappa shape index (κ2) is 5.51. The molecular formula is C10H8Cl5O. The number of hydrogen-bond donors (Lipinski definition) is 0. The second-order valence-electron chi connectivity index (χ2n) is 3.23. The molecule has 0 saturated carbocycles. The number of halogens is 5. The molecular weight excluding hydrogens is 313 g/mol. The summed E-state index contributed by atoms with van der Waals surface area (Å²) in [6, 6.07) is 6.83. The fourth-order valence-electron chi connectivity index (χ4n) is 1.20. The average Bonchev–Trinajstić information content (AvgIpc) is 2.17. The molecule has 89 valence electrons. The van der Waals surface area contributed by atoms with Gasteiger partial charge in [-0.25, -0.2) is 5.11 Å². The van der Waals surface area contributed by atoms with Crippen molar-refractivity contribution in [2.75, 3.05) is 6.61 Å². The van der Waals surface area contributed by atoms with Crippen LogP contribution in [0.3, 0.4) is 0 Å². The molecule has 0 N–H and O–H groups in total. The summed E-state index contributed by atoms with van der Waals surface area (Å²) >= 11 is 29.1. The summed E-state index contributed by atoms with van der Waals surface area (Å²) in [5.41, 5.74) is 1.27. The minimum absolute atomic E-state index is 0.213. The first-order valence-electron chi connectivity index (χ1n) is 4.41. The molecule has 0 amide bonds. The van der Waals surface area contributed by atoms with Crippen LogP contribution in [0.2, 0.25) is 0 Å².